The Labute approximate surface area is 249 Å². The van der Waals surface area contributed by atoms with E-state index in [1.807, 2.05) is 5.38 Å². The van der Waals surface area contributed by atoms with E-state index in [9.17, 15) is 26.4 Å². The summed E-state index contributed by atoms with van der Waals surface area (Å²) in [6.45, 7) is 6.45. The number of thiazole rings is 1. The number of nitrogens with one attached hydrogen (secondary N) is 3. The van der Waals surface area contributed by atoms with Crippen LogP contribution in [0.1, 0.15) is 54.5 Å². The highest BCUT2D eigenvalue weighted by Crippen LogP contribution is 2.43. The van der Waals surface area contributed by atoms with Crippen LogP contribution < -0.4 is 15.4 Å². The van der Waals surface area contributed by atoms with Gasteiger partial charge in [0.25, 0.3) is 10.0 Å². The summed E-state index contributed by atoms with van der Waals surface area (Å²) in [7, 11) is -8.07. The molecule has 5 rings (SSSR count). The third kappa shape index (κ3) is 5.89. The number of Topliss-reactive ketones (excluding diaryl/α,β-unsaturated/α-hetero) is 2. The maximum atomic E-state index is 14.6. The molecule has 3 aromatic rings. The van der Waals surface area contributed by atoms with Crippen LogP contribution in [0, 0.1) is 11.3 Å². The molecule has 2 unspecified atom stereocenters. The molecule has 11 nitrogen and oxygen atoms in total. The Morgan fingerprint density at radius 2 is 1.86 bits per heavy atom. The molecule has 2 aromatic carbocycles. The summed E-state index contributed by atoms with van der Waals surface area (Å²) in [5.74, 6) is -2.89. The normalized spacial score (nSPS) is 21.6. The molecule has 0 amide bonds. The third-order valence-corrected chi connectivity index (χ3v) is 9.91. The van der Waals surface area contributed by atoms with Crippen molar-refractivity contribution >= 4 is 60.2 Å². The number of ketones is 2. The number of hydrogen-bond acceptors (Lipinski definition) is 10. The molecule has 2 aliphatic rings. The van der Waals surface area contributed by atoms with Gasteiger partial charge in [-0.2, -0.15) is 8.42 Å². The molecule has 1 aromatic heterocycles. The van der Waals surface area contributed by atoms with E-state index in [2.05, 4.69) is 45.5 Å². The van der Waals surface area contributed by atoms with Gasteiger partial charge in [-0.3, -0.25) is 19.6 Å². The molecule has 3 N–H and O–H groups in total. The van der Waals surface area contributed by atoms with Gasteiger partial charge in [0.05, 0.1) is 11.9 Å². The number of nitrogens with zero attached hydrogens (tertiary/aromatic N) is 2. The van der Waals surface area contributed by atoms with Crippen LogP contribution in [0.4, 0.5) is 11.4 Å². The van der Waals surface area contributed by atoms with Crippen molar-refractivity contribution in [3.63, 3.8) is 0 Å². The zero-order valence-corrected chi connectivity index (χ0v) is 25.9. The van der Waals surface area contributed by atoms with Crippen LogP contribution in [0.3, 0.4) is 0 Å². The number of benzene rings is 2. The van der Waals surface area contributed by atoms with Gasteiger partial charge in [0.1, 0.15) is 27.2 Å². The van der Waals surface area contributed by atoms with Crippen LogP contribution in [-0.4, -0.2) is 45.5 Å². The van der Waals surface area contributed by atoms with Crippen LogP contribution in [0.15, 0.2) is 63.3 Å². The Balaban J connectivity index is 1.61. The number of aromatic nitrogens is 1. The van der Waals surface area contributed by atoms with Crippen molar-refractivity contribution in [3.8, 4) is 0 Å². The molecule has 1 aliphatic carbocycles. The average molecular weight is 630 g/mol. The Bertz CT molecular complexity index is 1810. The monoisotopic (exact) mass is 629 g/mol. The zero-order valence-electron chi connectivity index (χ0n) is 23.5. The van der Waals surface area contributed by atoms with Gasteiger partial charge in [-0.15, -0.1) is 15.7 Å². The van der Waals surface area contributed by atoms with E-state index in [1.165, 1.54) is 23.5 Å². The largest absolute Gasteiger partial charge is 0.341 e. The van der Waals surface area contributed by atoms with Crippen molar-refractivity contribution < 1.29 is 26.4 Å². The molecule has 222 valence electrons. The summed E-state index contributed by atoms with van der Waals surface area (Å²) in [5, 5.41) is 8.91. The lowest BCUT2D eigenvalue weighted by atomic mass is 9.66. The fourth-order valence-corrected chi connectivity index (χ4v) is 7.50. The Hall–Kier alpha value is -3.46. The maximum Gasteiger partial charge on any atom is 0.286 e. The lowest BCUT2D eigenvalue weighted by molar-refractivity contribution is -0.128. The number of anilines is 2. The third-order valence-electron chi connectivity index (χ3n) is 7.19. The van der Waals surface area contributed by atoms with Gasteiger partial charge in [-0.1, -0.05) is 45.0 Å². The molecule has 2 heterocycles. The van der Waals surface area contributed by atoms with E-state index in [0.29, 0.717) is 24.0 Å². The molecule has 0 fully saturated rings. The Kier molecular flexibility index (Phi) is 7.62. The Morgan fingerprint density at radius 3 is 2.52 bits per heavy atom. The minimum Gasteiger partial charge on any atom is -0.341 e. The van der Waals surface area contributed by atoms with Crippen LogP contribution >= 0.6 is 11.3 Å². The first-order valence-electron chi connectivity index (χ1n) is 13.1. The van der Waals surface area contributed by atoms with Crippen molar-refractivity contribution in [1.29, 1.82) is 0 Å². The number of fused-ring (bicyclic) bond motifs is 2. The second kappa shape index (κ2) is 10.7. The Morgan fingerprint density at radius 1 is 1.12 bits per heavy atom. The van der Waals surface area contributed by atoms with E-state index in [4.69, 9.17) is 0 Å². The van der Waals surface area contributed by atoms with Gasteiger partial charge in [0, 0.05) is 29.4 Å². The average Bonchev–Trinajstić information content (AvgIpc) is 3.41. The molecule has 0 radical (unpaired) electrons. The minimum absolute atomic E-state index is 0.0339. The summed E-state index contributed by atoms with van der Waals surface area (Å²) >= 11 is 1.43. The van der Waals surface area contributed by atoms with Gasteiger partial charge in [-0.25, -0.2) is 13.4 Å². The van der Waals surface area contributed by atoms with E-state index in [1.54, 1.807) is 30.5 Å². The quantitative estimate of drug-likeness (QED) is 0.313. The van der Waals surface area contributed by atoms with Crippen LogP contribution in [-0.2, 0) is 36.9 Å². The topological polar surface area (TPSA) is 164 Å². The molecule has 0 saturated heterocycles. The van der Waals surface area contributed by atoms with Gasteiger partial charge in [-0.05, 0) is 42.0 Å². The summed E-state index contributed by atoms with van der Waals surface area (Å²) in [5.41, 5.74) is -0.522. The van der Waals surface area contributed by atoms with E-state index in [-0.39, 0.29) is 34.1 Å². The molecule has 42 heavy (non-hydrogen) atoms. The molecule has 1 aliphatic heterocycles. The summed E-state index contributed by atoms with van der Waals surface area (Å²) in [6, 6.07) is 10.8. The number of rotatable bonds is 8. The lowest BCUT2D eigenvalue weighted by Crippen LogP contribution is -2.59. The summed E-state index contributed by atoms with van der Waals surface area (Å²) in [4.78, 5) is 32.6. The second-order valence-corrected chi connectivity index (χ2v) is 15.9. The number of amidine groups is 1. The zero-order chi connectivity index (χ0) is 30.5. The first-order chi connectivity index (χ1) is 19.6. The maximum absolute atomic E-state index is 14.6. The molecule has 14 heteroatoms. The van der Waals surface area contributed by atoms with Crippen molar-refractivity contribution in [1.82, 2.24) is 10.3 Å². The summed E-state index contributed by atoms with van der Waals surface area (Å²) in [6.07, 6.45) is 3.59. The lowest BCUT2D eigenvalue weighted by Gasteiger charge is -2.42. The fourth-order valence-electron chi connectivity index (χ4n) is 5.21. The molecular formula is C28H31N5O6S3. The SMILES string of the molecule is CC(C)(C)CCC1(NCc2nccs2)C(=O)C(C2=NS(=O)(=O)c3cc(NS(C)(=O)=O)ccc3N2)C(=O)c2ccccc21. The molecule has 2 atom stereocenters. The minimum atomic E-state index is -4.41. The van der Waals surface area contributed by atoms with Crippen molar-refractivity contribution in [3.05, 3.63) is 70.2 Å². The smallest absolute Gasteiger partial charge is 0.286 e. The van der Waals surface area contributed by atoms with Crippen molar-refractivity contribution in [2.75, 3.05) is 16.3 Å². The standard InChI is InChI=1S/C28H31N5O6S3/c1-27(2,3)11-12-28(30-16-22-29-13-14-40-22)19-8-6-5-7-18(19)24(34)23(25(28)35)26-31-20-10-9-17(32-41(4,36)37)15-21(20)42(38,39)33-26/h5-10,13-15,23,30,32H,11-12,16H2,1-4H3,(H,31,33). The summed E-state index contributed by atoms with van der Waals surface area (Å²) < 4.78 is 56.2. The first kappa shape index (κ1) is 30.0. The molecule has 0 saturated carbocycles. The first-order valence-corrected chi connectivity index (χ1v) is 17.4. The van der Waals surface area contributed by atoms with Crippen molar-refractivity contribution in [2.45, 2.75) is 50.6 Å². The van der Waals surface area contributed by atoms with Crippen LogP contribution in [0.2, 0.25) is 0 Å². The number of hydrogen-bond donors (Lipinski definition) is 3. The van der Waals surface area contributed by atoms with E-state index < -0.39 is 43.1 Å². The highest BCUT2D eigenvalue weighted by molar-refractivity contribution is 7.92. The predicted molar refractivity (Wildman–Crippen MR) is 162 cm³/mol. The number of carbonyl (C=O) groups is 2. The molecule has 0 spiro atoms. The molecule has 0 bridgehead atoms. The van der Waals surface area contributed by atoms with Gasteiger partial charge in [0.2, 0.25) is 10.0 Å². The highest BCUT2D eigenvalue weighted by Gasteiger charge is 2.54. The fraction of sp³-hybridized carbons (Fsp3) is 0.357. The second-order valence-electron chi connectivity index (χ2n) is 11.6. The van der Waals surface area contributed by atoms with Crippen LogP contribution in [0.5, 0.6) is 0 Å². The number of sulfonamides is 2. The molecular weight excluding hydrogens is 599 g/mol. The van der Waals surface area contributed by atoms with Gasteiger partial charge < -0.3 is 5.32 Å². The van der Waals surface area contributed by atoms with Crippen LogP contribution in [0.25, 0.3) is 0 Å². The van der Waals surface area contributed by atoms with E-state index >= 15 is 0 Å². The van der Waals surface area contributed by atoms with E-state index in [0.717, 1.165) is 17.3 Å². The van der Waals surface area contributed by atoms with Gasteiger partial charge >= 0.3 is 0 Å². The number of carbonyl (C=O) groups excluding carboxylic acids is 2. The highest BCUT2D eigenvalue weighted by atomic mass is 32.2. The van der Waals surface area contributed by atoms with Crippen molar-refractivity contribution in [2.24, 2.45) is 15.7 Å². The van der Waals surface area contributed by atoms with Gasteiger partial charge in [0.15, 0.2) is 11.6 Å². The predicted octanol–water partition coefficient (Wildman–Crippen LogP) is 3.92.